The van der Waals surface area contributed by atoms with E-state index >= 15 is 0 Å². The number of primary amides is 1. The lowest BCUT2D eigenvalue weighted by Crippen LogP contribution is -2.15. The number of amides is 1. The minimum Gasteiger partial charge on any atom is -0.486 e. The van der Waals surface area contributed by atoms with E-state index in [4.69, 9.17) is 22.1 Å². The van der Waals surface area contributed by atoms with Gasteiger partial charge >= 0.3 is 0 Å². The molecule has 1 aromatic heterocycles. The lowest BCUT2D eigenvalue weighted by atomic mass is 10.1. The topological polar surface area (TPSA) is 65.2 Å². The number of benzene rings is 2. The minimum atomic E-state index is -0.819. The van der Waals surface area contributed by atoms with Crippen LogP contribution < -0.4 is 10.5 Å². The summed E-state index contributed by atoms with van der Waals surface area (Å²) >= 11 is 7.42. The highest BCUT2D eigenvalue weighted by atomic mass is 35.5. The summed E-state index contributed by atoms with van der Waals surface area (Å²) in [7, 11) is 0. The second-order valence-corrected chi connectivity index (χ2v) is 6.47. The van der Waals surface area contributed by atoms with Crippen LogP contribution in [0.15, 0.2) is 30.3 Å². The number of hydrogen-bond acceptors (Lipinski definition) is 4. The SMILES string of the molecule is CC.Cc1c(OCc2nc3cc(Cl)ccc3s2)ccc(F)c1C(N)=O. The largest absolute Gasteiger partial charge is 0.486 e. The van der Waals surface area contributed by atoms with Crippen molar-refractivity contribution in [1.82, 2.24) is 4.98 Å². The number of carbonyl (C=O) groups excluding carboxylic acids is 1. The number of aromatic nitrogens is 1. The van der Waals surface area contributed by atoms with Gasteiger partial charge in [0.1, 0.15) is 23.2 Å². The summed E-state index contributed by atoms with van der Waals surface area (Å²) in [6, 6.07) is 8.12. The first-order valence-corrected chi connectivity index (χ1v) is 8.92. The summed E-state index contributed by atoms with van der Waals surface area (Å²) in [5.74, 6) is -1.07. The predicted molar refractivity (Wildman–Crippen MR) is 100.0 cm³/mol. The molecule has 3 rings (SSSR count). The Labute approximate surface area is 154 Å². The highest BCUT2D eigenvalue weighted by molar-refractivity contribution is 7.18. The number of rotatable bonds is 4. The van der Waals surface area contributed by atoms with E-state index in [0.717, 1.165) is 15.2 Å². The van der Waals surface area contributed by atoms with E-state index in [2.05, 4.69) is 4.98 Å². The van der Waals surface area contributed by atoms with Crippen molar-refractivity contribution < 1.29 is 13.9 Å². The number of hydrogen-bond donors (Lipinski definition) is 1. The Kier molecular flexibility index (Phi) is 6.33. The molecule has 0 fully saturated rings. The molecule has 0 bridgehead atoms. The fourth-order valence-corrected chi connectivity index (χ4v) is 3.30. The van der Waals surface area contributed by atoms with Crippen LogP contribution >= 0.6 is 22.9 Å². The molecule has 1 amide bonds. The average Bonchev–Trinajstić information content (AvgIpc) is 2.97. The number of nitrogens with zero attached hydrogens (tertiary/aromatic N) is 1. The van der Waals surface area contributed by atoms with Gasteiger partial charge in [0.25, 0.3) is 5.91 Å². The Morgan fingerprint density at radius 1 is 1.32 bits per heavy atom. The number of thiazole rings is 1. The maximum Gasteiger partial charge on any atom is 0.252 e. The van der Waals surface area contributed by atoms with Gasteiger partial charge in [-0.15, -0.1) is 11.3 Å². The molecule has 0 aliphatic carbocycles. The van der Waals surface area contributed by atoms with E-state index in [1.165, 1.54) is 23.5 Å². The fraction of sp³-hybridized carbons (Fsp3) is 0.222. The molecule has 0 radical (unpaired) electrons. The predicted octanol–water partition coefficient (Wildman–Crippen LogP) is 5.10. The molecule has 0 saturated carbocycles. The number of fused-ring (bicyclic) bond motifs is 1. The van der Waals surface area contributed by atoms with Crippen LogP contribution in [0.2, 0.25) is 5.02 Å². The molecule has 0 aliphatic rings. The zero-order valence-corrected chi connectivity index (χ0v) is 15.7. The van der Waals surface area contributed by atoms with Crippen molar-refractivity contribution in [2.24, 2.45) is 5.73 Å². The number of carbonyl (C=O) groups is 1. The van der Waals surface area contributed by atoms with Crippen LogP contribution in [-0.4, -0.2) is 10.9 Å². The van der Waals surface area contributed by atoms with Crippen molar-refractivity contribution in [1.29, 1.82) is 0 Å². The van der Waals surface area contributed by atoms with Crippen LogP contribution in [0.4, 0.5) is 4.39 Å². The van der Waals surface area contributed by atoms with E-state index in [1.54, 1.807) is 19.1 Å². The normalized spacial score (nSPS) is 10.3. The summed E-state index contributed by atoms with van der Waals surface area (Å²) in [5, 5.41) is 1.38. The average molecular weight is 381 g/mol. The van der Waals surface area contributed by atoms with Gasteiger partial charge in [-0.05, 0) is 37.3 Å². The molecule has 7 heteroatoms. The van der Waals surface area contributed by atoms with Gasteiger partial charge in [-0.3, -0.25) is 4.79 Å². The summed E-state index contributed by atoms with van der Waals surface area (Å²) in [5.41, 5.74) is 6.22. The number of nitrogens with two attached hydrogens (primary N) is 1. The van der Waals surface area contributed by atoms with Crippen molar-refractivity contribution in [3.05, 3.63) is 57.3 Å². The summed E-state index contributed by atoms with van der Waals surface area (Å²) in [6.07, 6.45) is 0. The van der Waals surface area contributed by atoms with Crippen LogP contribution in [0, 0.1) is 12.7 Å². The van der Waals surface area contributed by atoms with E-state index in [1.807, 2.05) is 19.9 Å². The molecule has 2 N–H and O–H groups in total. The molecule has 2 aromatic carbocycles. The molecule has 0 saturated heterocycles. The van der Waals surface area contributed by atoms with Gasteiger partial charge in [-0.2, -0.15) is 0 Å². The van der Waals surface area contributed by atoms with Gasteiger partial charge in [-0.1, -0.05) is 25.4 Å². The lowest BCUT2D eigenvalue weighted by molar-refractivity contribution is 0.0995. The molecular formula is C18H18ClFN2O2S. The Morgan fingerprint density at radius 2 is 2.04 bits per heavy atom. The second kappa shape index (κ2) is 8.27. The van der Waals surface area contributed by atoms with Crippen LogP contribution in [0.1, 0.15) is 34.8 Å². The van der Waals surface area contributed by atoms with Crippen molar-refractivity contribution in [2.45, 2.75) is 27.4 Å². The Hall–Kier alpha value is -2.18. The van der Waals surface area contributed by atoms with Crippen LogP contribution in [0.3, 0.4) is 0 Å². The van der Waals surface area contributed by atoms with Crippen molar-refractivity contribution in [2.75, 3.05) is 0 Å². The molecule has 1 heterocycles. The van der Waals surface area contributed by atoms with Crippen molar-refractivity contribution in [3.63, 3.8) is 0 Å². The number of ether oxygens (including phenoxy) is 1. The van der Waals surface area contributed by atoms with Crippen molar-refractivity contribution >= 4 is 39.1 Å². The lowest BCUT2D eigenvalue weighted by Gasteiger charge is -2.10. The molecule has 132 valence electrons. The van der Waals surface area contributed by atoms with Crippen molar-refractivity contribution in [3.8, 4) is 5.75 Å². The molecule has 4 nitrogen and oxygen atoms in total. The van der Waals surface area contributed by atoms with E-state index < -0.39 is 11.7 Å². The smallest absolute Gasteiger partial charge is 0.252 e. The molecule has 0 unspecified atom stereocenters. The first kappa shape index (κ1) is 19.1. The van der Waals surface area contributed by atoms with E-state index in [-0.39, 0.29) is 12.2 Å². The molecule has 0 atom stereocenters. The third-order valence-corrected chi connectivity index (χ3v) is 4.60. The Balaban J connectivity index is 0.00000109. The molecular weight excluding hydrogens is 363 g/mol. The Bertz CT molecular complexity index is 911. The first-order chi connectivity index (χ1) is 12.0. The van der Waals surface area contributed by atoms with Crippen LogP contribution in [-0.2, 0) is 6.61 Å². The van der Waals surface area contributed by atoms with Gasteiger partial charge in [0.05, 0.1) is 15.8 Å². The quantitative estimate of drug-likeness (QED) is 0.684. The van der Waals surface area contributed by atoms with Gasteiger partial charge in [0.15, 0.2) is 0 Å². The molecule has 0 spiro atoms. The van der Waals surface area contributed by atoms with E-state index in [0.29, 0.717) is 16.3 Å². The zero-order valence-electron chi connectivity index (χ0n) is 14.1. The minimum absolute atomic E-state index is 0.154. The van der Waals surface area contributed by atoms with Gasteiger partial charge < -0.3 is 10.5 Å². The number of halogens is 2. The van der Waals surface area contributed by atoms with Gasteiger partial charge in [0, 0.05) is 10.6 Å². The maximum absolute atomic E-state index is 13.6. The maximum atomic E-state index is 13.6. The summed E-state index contributed by atoms with van der Waals surface area (Å²) in [4.78, 5) is 15.8. The standard InChI is InChI=1S/C16H12ClFN2O2S.C2H6/c1-8-12(4-3-10(18)15(8)16(19)21)22-7-14-20-11-6-9(17)2-5-13(11)23-14;1-2/h2-6H,7H2,1H3,(H2,19,21);1-2H3. The third kappa shape index (κ3) is 4.27. The highest BCUT2D eigenvalue weighted by Gasteiger charge is 2.16. The fourth-order valence-electron chi connectivity index (χ4n) is 2.27. The zero-order chi connectivity index (χ0) is 18.6. The Morgan fingerprint density at radius 3 is 2.72 bits per heavy atom. The first-order valence-electron chi connectivity index (χ1n) is 7.72. The van der Waals surface area contributed by atoms with Gasteiger partial charge in [0.2, 0.25) is 0 Å². The summed E-state index contributed by atoms with van der Waals surface area (Å²) in [6.45, 7) is 5.80. The third-order valence-electron chi connectivity index (χ3n) is 3.36. The highest BCUT2D eigenvalue weighted by Crippen LogP contribution is 2.28. The summed E-state index contributed by atoms with van der Waals surface area (Å²) < 4.78 is 20.3. The van der Waals surface area contributed by atoms with Gasteiger partial charge in [-0.25, -0.2) is 9.37 Å². The molecule has 25 heavy (non-hydrogen) atoms. The molecule has 0 aliphatic heterocycles. The van der Waals surface area contributed by atoms with Crippen LogP contribution in [0.5, 0.6) is 5.75 Å². The molecule has 3 aromatic rings. The van der Waals surface area contributed by atoms with E-state index in [9.17, 15) is 9.18 Å². The van der Waals surface area contributed by atoms with Crippen LogP contribution in [0.25, 0.3) is 10.2 Å². The monoisotopic (exact) mass is 380 g/mol. The second-order valence-electron chi connectivity index (χ2n) is 4.92.